The van der Waals surface area contributed by atoms with Gasteiger partial charge in [0, 0.05) is 30.8 Å². The number of carbonyl (C=O) groups excluding carboxylic acids is 1. The van der Waals surface area contributed by atoms with E-state index in [0.717, 1.165) is 40.8 Å². The van der Waals surface area contributed by atoms with Gasteiger partial charge in [-0.25, -0.2) is 15.0 Å². The second-order valence-electron chi connectivity index (χ2n) is 6.21. The number of nitrogens with one attached hydrogen (secondary N) is 1. The van der Waals surface area contributed by atoms with Gasteiger partial charge in [0.2, 0.25) is 5.95 Å². The third-order valence-electron chi connectivity index (χ3n) is 4.56. The zero-order valence-electron chi connectivity index (χ0n) is 14.2. The SMILES string of the molecule is Cc1ncc(-c2ccc3cnc(NC(=O)C4CCCO4)nc3c2)n1C. The van der Waals surface area contributed by atoms with Crippen molar-refractivity contribution >= 4 is 22.8 Å². The Kier molecular flexibility index (Phi) is 3.93. The van der Waals surface area contributed by atoms with Crippen molar-refractivity contribution in [2.24, 2.45) is 7.05 Å². The second-order valence-corrected chi connectivity index (χ2v) is 6.21. The van der Waals surface area contributed by atoms with Gasteiger partial charge in [0.15, 0.2) is 0 Å². The van der Waals surface area contributed by atoms with Gasteiger partial charge in [-0.1, -0.05) is 12.1 Å². The molecule has 0 spiro atoms. The first-order valence-corrected chi connectivity index (χ1v) is 8.30. The van der Waals surface area contributed by atoms with Gasteiger partial charge in [-0.05, 0) is 25.8 Å². The minimum Gasteiger partial charge on any atom is -0.368 e. The van der Waals surface area contributed by atoms with Crippen molar-refractivity contribution in [1.29, 1.82) is 0 Å². The summed E-state index contributed by atoms with van der Waals surface area (Å²) in [5.41, 5.74) is 2.81. The largest absolute Gasteiger partial charge is 0.368 e. The maximum Gasteiger partial charge on any atom is 0.255 e. The van der Waals surface area contributed by atoms with Crippen LogP contribution < -0.4 is 5.32 Å². The van der Waals surface area contributed by atoms with Gasteiger partial charge >= 0.3 is 0 Å². The van der Waals surface area contributed by atoms with Gasteiger partial charge in [0.25, 0.3) is 5.91 Å². The number of aromatic nitrogens is 4. The van der Waals surface area contributed by atoms with Crippen LogP contribution in [0, 0.1) is 6.92 Å². The average Bonchev–Trinajstić information content (AvgIpc) is 3.26. The first kappa shape index (κ1) is 15.7. The molecule has 1 aromatic carbocycles. The van der Waals surface area contributed by atoms with Crippen molar-refractivity contribution in [3.05, 3.63) is 36.4 Å². The molecule has 128 valence electrons. The summed E-state index contributed by atoms with van der Waals surface area (Å²) in [6, 6.07) is 5.97. The van der Waals surface area contributed by atoms with E-state index < -0.39 is 6.10 Å². The highest BCUT2D eigenvalue weighted by atomic mass is 16.5. The lowest BCUT2D eigenvalue weighted by atomic mass is 10.1. The van der Waals surface area contributed by atoms with Crippen LogP contribution in [0.2, 0.25) is 0 Å². The highest BCUT2D eigenvalue weighted by Gasteiger charge is 2.24. The third-order valence-corrected chi connectivity index (χ3v) is 4.56. The summed E-state index contributed by atoms with van der Waals surface area (Å²) >= 11 is 0. The third kappa shape index (κ3) is 2.98. The van der Waals surface area contributed by atoms with Crippen molar-refractivity contribution in [3.63, 3.8) is 0 Å². The van der Waals surface area contributed by atoms with E-state index in [4.69, 9.17) is 4.74 Å². The molecule has 0 saturated carbocycles. The Hall–Kier alpha value is -2.80. The normalized spacial score (nSPS) is 17.1. The van der Waals surface area contributed by atoms with Crippen molar-refractivity contribution < 1.29 is 9.53 Å². The molecule has 1 fully saturated rings. The number of hydrogen-bond donors (Lipinski definition) is 1. The number of aryl methyl sites for hydroxylation is 1. The number of hydrogen-bond acceptors (Lipinski definition) is 5. The summed E-state index contributed by atoms with van der Waals surface area (Å²) < 4.78 is 7.42. The van der Waals surface area contributed by atoms with Crippen molar-refractivity contribution in [2.75, 3.05) is 11.9 Å². The number of anilines is 1. The minimum absolute atomic E-state index is 0.185. The maximum absolute atomic E-state index is 12.2. The Balaban J connectivity index is 1.64. The number of rotatable bonds is 3. The Morgan fingerprint density at radius 3 is 2.92 bits per heavy atom. The monoisotopic (exact) mass is 337 g/mol. The summed E-state index contributed by atoms with van der Waals surface area (Å²) in [6.45, 7) is 2.59. The number of fused-ring (bicyclic) bond motifs is 1. The van der Waals surface area contributed by atoms with Crippen LogP contribution in [-0.2, 0) is 16.6 Å². The van der Waals surface area contributed by atoms with Crippen molar-refractivity contribution in [2.45, 2.75) is 25.9 Å². The van der Waals surface area contributed by atoms with Gasteiger partial charge in [0.05, 0.1) is 17.4 Å². The summed E-state index contributed by atoms with van der Waals surface area (Å²) in [5.74, 6) is 1.06. The van der Waals surface area contributed by atoms with Crippen molar-refractivity contribution in [3.8, 4) is 11.3 Å². The van der Waals surface area contributed by atoms with Crippen LogP contribution in [0.3, 0.4) is 0 Å². The molecule has 0 radical (unpaired) electrons. The molecular formula is C18H19N5O2. The number of nitrogens with zero attached hydrogens (tertiary/aromatic N) is 4. The first-order chi connectivity index (χ1) is 12.1. The molecule has 1 aliphatic heterocycles. The van der Waals surface area contributed by atoms with Gasteiger partial charge in [0.1, 0.15) is 11.9 Å². The highest BCUT2D eigenvalue weighted by Crippen LogP contribution is 2.24. The molecule has 1 aliphatic rings. The fourth-order valence-corrected chi connectivity index (χ4v) is 2.99. The summed E-state index contributed by atoms with van der Waals surface area (Å²) in [6.07, 6.45) is 4.81. The molecule has 3 aromatic rings. The number of carbonyl (C=O) groups is 1. The predicted molar refractivity (Wildman–Crippen MR) is 94.1 cm³/mol. The van der Waals surface area contributed by atoms with E-state index in [1.807, 2.05) is 42.9 Å². The van der Waals surface area contributed by atoms with E-state index >= 15 is 0 Å². The molecule has 0 aliphatic carbocycles. The minimum atomic E-state index is -0.400. The lowest BCUT2D eigenvalue weighted by molar-refractivity contribution is -0.124. The van der Waals surface area contributed by atoms with Gasteiger partial charge in [-0.2, -0.15) is 0 Å². The van der Waals surface area contributed by atoms with E-state index in [0.29, 0.717) is 12.6 Å². The first-order valence-electron chi connectivity index (χ1n) is 8.30. The number of benzene rings is 1. The number of imidazole rings is 1. The molecule has 1 N–H and O–H groups in total. The van der Waals surface area contributed by atoms with Crippen LogP contribution in [-0.4, -0.2) is 38.1 Å². The topological polar surface area (TPSA) is 81.9 Å². The molecule has 0 bridgehead atoms. The highest BCUT2D eigenvalue weighted by molar-refractivity contribution is 5.94. The number of amides is 1. The predicted octanol–water partition coefficient (Wildman–Crippen LogP) is 2.46. The van der Waals surface area contributed by atoms with Crippen molar-refractivity contribution in [1.82, 2.24) is 19.5 Å². The maximum atomic E-state index is 12.2. The van der Waals surface area contributed by atoms with Crippen LogP contribution in [0.1, 0.15) is 18.7 Å². The Morgan fingerprint density at radius 2 is 2.20 bits per heavy atom. The smallest absolute Gasteiger partial charge is 0.255 e. The van der Waals surface area contributed by atoms with Crippen LogP contribution in [0.5, 0.6) is 0 Å². The zero-order chi connectivity index (χ0) is 17.4. The van der Waals surface area contributed by atoms with Gasteiger partial charge in [-0.3, -0.25) is 10.1 Å². The fraction of sp³-hybridized carbons (Fsp3) is 0.333. The van der Waals surface area contributed by atoms with Gasteiger partial charge in [-0.15, -0.1) is 0 Å². The molecule has 2 aromatic heterocycles. The van der Waals surface area contributed by atoms with Gasteiger partial charge < -0.3 is 9.30 Å². The van der Waals surface area contributed by atoms with Crippen LogP contribution in [0.15, 0.2) is 30.6 Å². The molecule has 1 atom stereocenters. The Labute approximate surface area is 145 Å². The molecule has 7 nitrogen and oxygen atoms in total. The summed E-state index contributed by atoms with van der Waals surface area (Å²) in [5, 5.41) is 3.66. The quantitative estimate of drug-likeness (QED) is 0.794. The molecule has 1 unspecified atom stereocenters. The average molecular weight is 337 g/mol. The standard InChI is InChI=1S/C18H19N5O2/c1-11-19-10-15(23(11)2)12-5-6-13-9-20-18(21-14(13)8-12)22-17(24)16-4-3-7-25-16/h5-6,8-10,16H,3-4,7H2,1-2H3,(H,20,21,22,24). The Morgan fingerprint density at radius 1 is 1.32 bits per heavy atom. The van der Waals surface area contributed by atoms with E-state index in [1.54, 1.807) is 6.20 Å². The van der Waals surface area contributed by atoms with E-state index in [1.165, 1.54) is 0 Å². The molecule has 4 rings (SSSR count). The molecule has 1 amide bonds. The van der Waals surface area contributed by atoms with Crippen LogP contribution in [0.25, 0.3) is 22.2 Å². The fourth-order valence-electron chi connectivity index (χ4n) is 2.99. The van der Waals surface area contributed by atoms with E-state index in [-0.39, 0.29) is 5.91 Å². The summed E-state index contributed by atoms with van der Waals surface area (Å²) in [4.78, 5) is 25.2. The number of ether oxygens (including phenoxy) is 1. The zero-order valence-corrected chi connectivity index (χ0v) is 14.2. The lowest BCUT2D eigenvalue weighted by Crippen LogP contribution is -2.27. The lowest BCUT2D eigenvalue weighted by Gasteiger charge is -2.10. The molecule has 3 heterocycles. The summed E-state index contributed by atoms with van der Waals surface area (Å²) in [7, 11) is 1.98. The van der Waals surface area contributed by atoms with Crippen LogP contribution in [0.4, 0.5) is 5.95 Å². The van der Waals surface area contributed by atoms with Crippen LogP contribution >= 0.6 is 0 Å². The van der Waals surface area contributed by atoms with E-state index in [2.05, 4.69) is 20.3 Å². The molecule has 7 heteroatoms. The Bertz CT molecular complexity index is 944. The molecule has 1 saturated heterocycles. The molecular weight excluding hydrogens is 318 g/mol. The van der Waals surface area contributed by atoms with E-state index in [9.17, 15) is 4.79 Å². The second kappa shape index (κ2) is 6.25. The molecule has 25 heavy (non-hydrogen) atoms.